The quantitative estimate of drug-likeness (QED) is 0.884. The summed E-state index contributed by atoms with van der Waals surface area (Å²) in [6.45, 7) is 2.98. The van der Waals surface area contributed by atoms with Crippen LogP contribution < -0.4 is 5.32 Å². The average Bonchev–Trinajstić information content (AvgIpc) is 2.99. The molecule has 2 atom stereocenters. The lowest BCUT2D eigenvalue weighted by molar-refractivity contribution is -0.142. The fourth-order valence-electron chi connectivity index (χ4n) is 3.17. The molecule has 3 rings (SSSR count). The Labute approximate surface area is 131 Å². The molecule has 3 nitrogen and oxygen atoms in total. The van der Waals surface area contributed by atoms with E-state index in [9.17, 15) is 4.79 Å². The minimum atomic E-state index is -0.205. The third-order valence-electron chi connectivity index (χ3n) is 4.57. The number of nitrogens with one attached hydrogen (secondary N) is 1. The minimum Gasteiger partial charge on any atom is -0.468 e. The van der Waals surface area contributed by atoms with E-state index >= 15 is 0 Å². The van der Waals surface area contributed by atoms with Gasteiger partial charge in [-0.1, -0.05) is 61.5 Å². The lowest BCUT2D eigenvalue weighted by Crippen LogP contribution is -2.31. The standard InChI is InChI=1S/C19H21NO2/c1-19(12-17(20-13-19)18(21)22-2)16-10-8-15(9-11-16)14-6-4-3-5-7-14/h3-11,17,20H,12-13H2,1-2H3/t17-,19+/m0/s1. The van der Waals surface area contributed by atoms with Gasteiger partial charge in [0.2, 0.25) is 0 Å². The van der Waals surface area contributed by atoms with Gasteiger partial charge in [-0.2, -0.15) is 0 Å². The number of rotatable bonds is 3. The zero-order valence-electron chi connectivity index (χ0n) is 13.0. The molecule has 0 aromatic heterocycles. The van der Waals surface area contributed by atoms with E-state index in [-0.39, 0.29) is 17.4 Å². The first-order valence-electron chi connectivity index (χ1n) is 7.59. The summed E-state index contributed by atoms with van der Waals surface area (Å²) in [6.07, 6.45) is 0.768. The van der Waals surface area contributed by atoms with E-state index in [0.717, 1.165) is 13.0 Å². The van der Waals surface area contributed by atoms with Crippen LogP contribution in [0.15, 0.2) is 54.6 Å². The van der Waals surface area contributed by atoms with Crippen molar-refractivity contribution in [3.63, 3.8) is 0 Å². The van der Waals surface area contributed by atoms with E-state index in [2.05, 4.69) is 48.6 Å². The van der Waals surface area contributed by atoms with Gasteiger partial charge in [-0.3, -0.25) is 4.79 Å². The molecule has 1 heterocycles. The topological polar surface area (TPSA) is 38.3 Å². The molecule has 0 amide bonds. The monoisotopic (exact) mass is 295 g/mol. The zero-order chi connectivity index (χ0) is 15.6. The van der Waals surface area contributed by atoms with E-state index in [1.54, 1.807) is 0 Å². The molecule has 0 saturated carbocycles. The van der Waals surface area contributed by atoms with Crippen molar-refractivity contribution in [1.29, 1.82) is 0 Å². The molecule has 22 heavy (non-hydrogen) atoms. The first kappa shape index (κ1) is 14.8. The molecule has 114 valence electrons. The van der Waals surface area contributed by atoms with Crippen molar-refractivity contribution in [2.75, 3.05) is 13.7 Å². The summed E-state index contributed by atoms with van der Waals surface area (Å²) < 4.78 is 4.84. The summed E-state index contributed by atoms with van der Waals surface area (Å²) in [5, 5.41) is 3.27. The summed E-state index contributed by atoms with van der Waals surface area (Å²) in [4.78, 5) is 11.7. The van der Waals surface area contributed by atoms with E-state index in [1.165, 1.54) is 23.8 Å². The van der Waals surface area contributed by atoms with Crippen LogP contribution in [-0.4, -0.2) is 25.7 Å². The van der Waals surface area contributed by atoms with Crippen molar-refractivity contribution in [2.45, 2.75) is 24.8 Å². The van der Waals surface area contributed by atoms with Crippen molar-refractivity contribution < 1.29 is 9.53 Å². The fraction of sp³-hybridized carbons (Fsp3) is 0.316. The molecule has 1 fully saturated rings. The van der Waals surface area contributed by atoms with Crippen molar-refractivity contribution in [3.8, 4) is 11.1 Å². The molecule has 0 spiro atoms. The second-order valence-corrected chi connectivity index (χ2v) is 6.16. The van der Waals surface area contributed by atoms with Gasteiger partial charge < -0.3 is 10.1 Å². The lowest BCUT2D eigenvalue weighted by Gasteiger charge is -2.23. The largest absolute Gasteiger partial charge is 0.468 e. The number of benzene rings is 2. The van der Waals surface area contributed by atoms with Crippen LogP contribution in [-0.2, 0) is 14.9 Å². The van der Waals surface area contributed by atoms with Crippen LogP contribution in [0.3, 0.4) is 0 Å². The summed E-state index contributed by atoms with van der Waals surface area (Å²) >= 11 is 0. The van der Waals surface area contributed by atoms with Crippen LogP contribution in [0.4, 0.5) is 0 Å². The van der Waals surface area contributed by atoms with Crippen LogP contribution in [0.5, 0.6) is 0 Å². The summed E-state index contributed by atoms with van der Waals surface area (Å²) in [5.74, 6) is -0.176. The summed E-state index contributed by atoms with van der Waals surface area (Å²) in [6, 6.07) is 18.8. The Balaban J connectivity index is 1.80. The smallest absolute Gasteiger partial charge is 0.322 e. The van der Waals surface area contributed by atoms with Crippen molar-refractivity contribution in [2.24, 2.45) is 0 Å². The Morgan fingerprint density at radius 3 is 2.36 bits per heavy atom. The van der Waals surface area contributed by atoms with Gasteiger partial charge in [0.15, 0.2) is 0 Å². The van der Waals surface area contributed by atoms with Gasteiger partial charge in [0, 0.05) is 12.0 Å². The third kappa shape index (κ3) is 2.77. The first-order valence-corrected chi connectivity index (χ1v) is 7.59. The van der Waals surface area contributed by atoms with Crippen LogP contribution in [0.25, 0.3) is 11.1 Å². The predicted molar refractivity (Wildman–Crippen MR) is 87.7 cm³/mol. The molecule has 0 radical (unpaired) electrons. The maximum absolute atomic E-state index is 11.7. The molecule has 1 N–H and O–H groups in total. The maximum atomic E-state index is 11.7. The van der Waals surface area contributed by atoms with Gasteiger partial charge in [-0.15, -0.1) is 0 Å². The number of methoxy groups -OCH3 is 1. The van der Waals surface area contributed by atoms with Crippen molar-refractivity contribution >= 4 is 5.97 Å². The highest BCUT2D eigenvalue weighted by Crippen LogP contribution is 2.34. The molecule has 3 heteroatoms. The number of carbonyl (C=O) groups excluding carboxylic acids is 1. The second kappa shape index (κ2) is 5.93. The molecule has 0 aliphatic carbocycles. The fourth-order valence-corrected chi connectivity index (χ4v) is 3.17. The van der Waals surface area contributed by atoms with Crippen LogP contribution in [0.2, 0.25) is 0 Å². The van der Waals surface area contributed by atoms with Crippen LogP contribution >= 0.6 is 0 Å². The Bertz CT molecular complexity index is 651. The van der Waals surface area contributed by atoms with E-state index in [1.807, 2.05) is 18.2 Å². The van der Waals surface area contributed by atoms with Gasteiger partial charge in [-0.25, -0.2) is 0 Å². The Hall–Kier alpha value is -2.13. The number of hydrogen-bond acceptors (Lipinski definition) is 3. The van der Waals surface area contributed by atoms with Crippen molar-refractivity contribution in [1.82, 2.24) is 5.32 Å². The maximum Gasteiger partial charge on any atom is 0.322 e. The molecule has 0 bridgehead atoms. The average molecular weight is 295 g/mol. The normalized spacial score (nSPS) is 24.2. The van der Waals surface area contributed by atoms with Gasteiger partial charge in [0.05, 0.1) is 7.11 Å². The zero-order valence-corrected chi connectivity index (χ0v) is 13.0. The summed E-state index contributed by atoms with van der Waals surface area (Å²) in [7, 11) is 1.44. The summed E-state index contributed by atoms with van der Waals surface area (Å²) in [5.41, 5.74) is 3.65. The highest BCUT2D eigenvalue weighted by Gasteiger charge is 2.39. The Morgan fingerprint density at radius 1 is 1.09 bits per heavy atom. The number of hydrogen-bond donors (Lipinski definition) is 1. The molecule has 1 aliphatic rings. The first-order chi connectivity index (χ1) is 10.6. The lowest BCUT2D eigenvalue weighted by atomic mass is 9.80. The minimum absolute atomic E-state index is 0.0337. The predicted octanol–water partition coefficient (Wildman–Crippen LogP) is 3.15. The molecular weight excluding hydrogens is 274 g/mol. The van der Waals surface area contributed by atoms with E-state index in [0.29, 0.717) is 0 Å². The second-order valence-electron chi connectivity index (χ2n) is 6.16. The van der Waals surface area contributed by atoms with Crippen LogP contribution in [0.1, 0.15) is 18.9 Å². The molecule has 1 saturated heterocycles. The highest BCUT2D eigenvalue weighted by molar-refractivity contribution is 5.76. The number of esters is 1. The molecule has 2 aromatic carbocycles. The Morgan fingerprint density at radius 2 is 1.73 bits per heavy atom. The molecule has 0 unspecified atom stereocenters. The molecule has 2 aromatic rings. The third-order valence-corrected chi connectivity index (χ3v) is 4.57. The van der Waals surface area contributed by atoms with Gasteiger partial charge in [-0.05, 0) is 23.1 Å². The van der Waals surface area contributed by atoms with Gasteiger partial charge in [0.1, 0.15) is 6.04 Å². The molecular formula is C19H21NO2. The highest BCUT2D eigenvalue weighted by atomic mass is 16.5. The van der Waals surface area contributed by atoms with E-state index in [4.69, 9.17) is 4.74 Å². The number of carbonyl (C=O) groups is 1. The van der Waals surface area contributed by atoms with Gasteiger partial charge >= 0.3 is 5.97 Å². The molecule has 1 aliphatic heterocycles. The van der Waals surface area contributed by atoms with Crippen molar-refractivity contribution in [3.05, 3.63) is 60.2 Å². The Kier molecular flexibility index (Phi) is 3.99. The number of ether oxygens (including phenoxy) is 1. The van der Waals surface area contributed by atoms with Crippen LogP contribution in [0, 0.1) is 0 Å². The van der Waals surface area contributed by atoms with Gasteiger partial charge in [0.25, 0.3) is 0 Å². The SMILES string of the molecule is COC(=O)[C@@H]1C[C@@](C)(c2ccc(-c3ccccc3)cc2)CN1. The van der Waals surface area contributed by atoms with E-state index < -0.39 is 0 Å².